The van der Waals surface area contributed by atoms with E-state index in [0.29, 0.717) is 22.7 Å². The van der Waals surface area contributed by atoms with Crippen molar-refractivity contribution in [2.45, 2.75) is 18.7 Å². The number of aryl methyl sites for hydroxylation is 2. The number of rotatable bonds is 6. The summed E-state index contributed by atoms with van der Waals surface area (Å²) in [5.74, 6) is -0.0351. The summed E-state index contributed by atoms with van der Waals surface area (Å²) in [6.45, 7) is 3.69. The zero-order valence-corrected chi connectivity index (χ0v) is 21.3. The molecule has 0 aromatic heterocycles. The van der Waals surface area contributed by atoms with Gasteiger partial charge in [-0.25, -0.2) is 8.42 Å². The van der Waals surface area contributed by atoms with Gasteiger partial charge in [0.05, 0.1) is 23.3 Å². The van der Waals surface area contributed by atoms with Crippen LogP contribution in [0.25, 0.3) is 0 Å². The van der Waals surface area contributed by atoms with Gasteiger partial charge < -0.3 is 10.1 Å². The van der Waals surface area contributed by atoms with Crippen LogP contribution in [-0.2, 0) is 10.0 Å². The molecule has 3 N–H and O–H groups in total. The molecule has 33 heavy (non-hydrogen) atoms. The summed E-state index contributed by atoms with van der Waals surface area (Å²) in [4.78, 5) is 12.7. The third-order valence-electron chi connectivity index (χ3n) is 4.77. The number of thiocarbonyl (C=S) groups is 1. The average Bonchev–Trinajstić information content (AvgIpc) is 2.76. The Morgan fingerprint density at radius 1 is 1.00 bits per heavy atom. The van der Waals surface area contributed by atoms with Crippen molar-refractivity contribution in [3.63, 3.8) is 0 Å². The molecular formula is C23H22BrN3O4S2. The van der Waals surface area contributed by atoms with Gasteiger partial charge in [-0.1, -0.05) is 34.1 Å². The first-order valence-electron chi connectivity index (χ1n) is 9.75. The summed E-state index contributed by atoms with van der Waals surface area (Å²) >= 11 is 8.55. The van der Waals surface area contributed by atoms with Crippen molar-refractivity contribution in [3.8, 4) is 5.75 Å². The molecule has 0 aliphatic heterocycles. The van der Waals surface area contributed by atoms with E-state index in [0.717, 1.165) is 15.6 Å². The van der Waals surface area contributed by atoms with E-state index in [1.165, 1.54) is 19.2 Å². The molecule has 0 fully saturated rings. The van der Waals surface area contributed by atoms with Gasteiger partial charge in [-0.15, -0.1) is 0 Å². The Kier molecular flexibility index (Phi) is 7.72. The number of hydrogen-bond acceptors (Lipinski definition) is 5. The fourth-order valence-electron chi connectivity index (χ4n) is 3.08. The minimum atomic E-state index is -3.77. The van der Waals surface area contributed by atoms with Crippen molar-refractivity contribution in [1.82, 2.24) is 5.32 Å². The lowest BCUT2D eigenvalue weighted by atomic mass is 10.1. The van der Waals surface area contributed by atoms with Gasteiger partial charge >= 0.3 is 0 Å². The molecule has 0 atom stereocenters. The molecule has 0 saturated heterocycles. The van der Waals surface area contributed by atoms with Crippen molar-refractivity contribution in [1.29, 1.82) is 0 Å². The lowest BCUT2D eigenvalue weighted by molar-refractivity contribution is 0.0974. The van der Waals surface area contributed by atoms with Crippen molar-refractivity contribution >= 4 is 60.6 Å². The first-order chi connectivity index (χ1) is 15.6. The third-order valence-corrected chi connectivity index (χ3v) is 6.84. The van der Waals surface area contributed by atoms with Crippen LogP contribution in [0.1, 0.15) is 21.5 Å². The summed E-state index contributed by atoms with van der Waals surface area (Å²) in [6.07, 6.45) is 0. The van der Waals surface area contributed by atoms with Crippen molar-refractivity contribution in [2.24, 2.45) is 0 Å². The second kappa shape index (κ2) is 10.3. The number of methoxy groups -OCH3 is 1. The Morgan fingerprint density at radius 2 is 1.64 bits per heavy atom. The monoisotopic (exact) mass is 547 g/mol. The predicted octanol–water partition coefficient (Wildman–Crippen LogP) is 5.00. The van der Waals surface area contributed by atoms with E-state index in [4.69, 9.17) is 17.0 Å². The Bertz CT molecular complexity index is 1290. The highest BCUT2D eigenvalue weighted by atomic mass is 79.9. The highest BCUT2D eigenvalue weighted by molar-refractivity contribution is 9.10. The number of hydrogen-bond donors (Lipinski definition) is 3. The Balaban J connectivity index is 1.68. The highest BCUT2D eigenvalue weighted by Crippen LogP contribution is 2.25. The number of amides is 1. The second-order valence-electron chi connectivity index (χ2n) is 7.15. The molecular weight excluding hydrogens is 526 g/mol. The van der Waals surface area contributed by atoms with E-state index in [9.17, 15) is 13.2 Å². The molecule has 0 bridgehead atoms. The van der Waals surface area contributed by atoms with Gasteiger partial charge in [0.1, 0.15) is 5.75 Å². The van der Waals surface area contributed by atoms with Gasteiger partial charge in [0.25, 0.3) is 15.9 Å². The van der Waals surface area contributed by atoms with Crippen LogP contribution < -0.4 is 20.1 Å². The molecule has 0 spiro atoms. The third kappa shape index (κ3) is 6.10. The van der Waals surface area contributed by atoms with Gasteiger partial charge in [0.2, 0.25) is 0 Å². The fourth-order valence-corrected chi connectivity index (χ4v) is 4.85. The molecule has 3 aromatic rings. The van der Waals surface area contributed by atoms with Crippen molar-refractivity contribution in [2.75, 3.05) is 17.1 Å². The SMILES string of the molecule is COc1ccc(Br)cc1C(=O)NC(=S)Nc1ccc(S(=O)(=O)Nc2c(C)cccc2C)cc1. The molecule has 3 rings (SSSR count). The highest BCUT2D eigenvalue weighted by Gasteiger charge is 2.17. The quantitative estimate of drug-likeness (QED) is 0.375. The van der Waals surface area contributed by atoms with Crippen LogP contribution in [0.4, 0.5) is 11.4 Å². The molecule has 172 valence electrons. The molecule has 0 unspecified atom stereocenters. The smallest absolute Gasteiger partial charge is 0.261 e. The van der Waals surface area contributed by atoms with Gasteiger partial charge in [0.15, 0.2) is 5.11 Å². The summed E-state index contributed by atoms with van der Waals surface area (Å²) in [6, 6.07) is 16.7. The minimum absolute atomic E-state index is 0.0614. The average molecular weight is 548 g/mol. The summed E-state index contributed by atoms with van der Waals surface area (Å²) in [5.41, 5.74) is 3.06. The van der Waals surface area contributed by atoms with Crippen molar-refractivity contribution in [3.05, 3.63) is 81.8 Å². The van der Waals surface area contributed by atoms with Crippen LogP contribution in [0, 0.1) is 13.8 Å². The maximum Gasteiger partial charge on any atom is 0.261 e. The van der Waals surface area contributed by atoms with Crippen LogP contribution in [0.15, 0.2) is 70.0 Å². The standard InChI is InChI=1S/C23H22BrN3O4S2/c1-14-5-4-6-15(2)21(14)27-33(29,30)18-10-8-17(9-11-18)25-23(32)26-22(28)19-13-16(24)7-12-20(19)31-3/h4-13,27H,1-3H3,(H2,25,26,28,32). The predicted molar refractivity (Wildman–Crippen MR) is 138 cm³/mol. The molecule has 1 amide bonds. The fraction of sp³-hybridized carbons (Fsp3) is 0.130. The number of para-hydroxylation sites is 1. The van der Waals surface area contributed by atoms with Gasteiger partial charge in [0, 0.05) is 10.2 Å². The number of carbonyl (C=O) groups excluding carboxylic acids is 1. The molecule has 0 saturated carbocycles. The van der Waals surface area contributed by atoms with Crippen LogP contribution >= 0.6 is 28.1 Å². The number of ether oxygens (including phenoxy) is 1. The number of benzene rings is 3. The maximum atomic E-state index is 12.8. The number of sulfonamides is 1. The van der Waals surface area contributed by atoms with E-state index in [1.807, 2.05) is 32.0 Å². The molecule has 3 aromatic carbocycles. The van der Waals surface area contributed by atoms with Gasteiger partial charge in [-0.05, 0) is 79.7 Å². The Hall–Kier alpha value is -2.95. The topological polar surface area (TPSA) is 96.5 Å². The van der Waals surface area contributed by atoms with E-state index in [2.05, 4.69) is 31.3 Å². The Morgan fingerprint density at radius 3 is 2.24 bits per heavy atom. The zero-order chi connectivity index (χ0) is 24.2. The van der Waals surface area contributed by atoms with Crippen molar-refractivity contribution < 1.29 is 17.9 Å². The lowest BCUT2D eigenvalue weighted by Gasteiger charge is -2.14. The van der Waals surface area contributed by atoms with Gasteiger partial charge in [-0.3, -0.25) is 14.8 Å². The van der Waals surface area contributed by atoms with Crippen LogP contribution in [0.2, 0.25) is 0 Å². The van der Waals surface area contributed by atoms with E-state index >= 15 is 0 Å². The molecule has 7 nitrogen and oxygen atoms in total. The molecule has 0 aliphatic rings. The molecule has 0 radical (unpaired) electrons. The number of halogens is 1. The molecule has 0 aliphatic carbocycles. The van der Waals surface area contributed by atoms with E-state index < -0.39 is 15.9 Å². The summed E-state index contributed by atoms with van der Waals surface area (Å²) in [7, 11) is -2.30. The largest absolute Gasteiger partial charge is 0.496 e. The first kappa shape index (κ1) is 24.7. The minimum Gasteiger partial charge on any atom is -0.496 e. The molecule has 10 heteroatoms. The summed E-state index contributed by atoms with van der Waals surface area (Å²) in [5, 5.41) is 5.52. The van der Waals surface area contributed by atoms with Crippen LogP contribution in [0.5, 0.6) is 5.75 Å². The second-order valence-corrected chi connectivity index (χ2v) is 10.2. The normalized spacial score (nSPS) is 10.9. The lowest BCUT2D eigenvalue weighted by Crippen LogP contribution is -2.34. The number of anilines is 2. The van der Waals surface area contributed by atoms with E-state index in [1.54, 1.807) is 30.3 Å². The van der Waals surface area contributed by atoms with E-state index in [-0.39, 0.29) is 10.0 Å². The maximum absolute atomic E-state index is 12.8. The number of carbonyl (C=O) groups is 1. The van der Waals surface area contributed by atoms with Gasteiger partial charge in [-0.2, -0.15) is 0 Å². The first-order valence-corrected chi connectivity index (χ1v) is 12.4. The van der Waals surface area contributed by atoms with Crippen LogP contribution in [-0.4, -0.2) is 26.5 Å². The number of nitrogens with one attached hydrogen (secondary N) is 3. The molecule has 0 heterocycles. The summed E-state index contributed by atoms with van der Waals surface area (Å²) < 4.78 is 34.2. The Labute approximate surface area is 206 Å². The van der Waals surface area contributed by atoms with Crippen LogP contribution in [0.3, 0.4) is 0 Å². The zero-order valence-electron chi connectivity index (χ0n) is 18.1.